The molecule has 10 nitrogen and oxygen atoms in total. The zero-order valence-electron chi connectivity index (χ0n) is 26.6. The fourth-order valence-electron chi connectivity index (χ4n) is 5.80. The molecule has 45 heavy (non-hydrogen) atoms. The van der Waals surface area contributed by atoms with E-state index in [9.17, 15) is 14.4 Å². The molecule has 2 aromatic carbocycles. The van der Waals surface area contributed by atoms with E-state index < -0.39 is 5.41 Å². The van der Waals surface area contributed by atoms with E-state index in [2.05, 4.69) is 16.4 Å². The molecule has 0 fully saturated rings. The van der Waals surface area contributed by atoms with Crippen molar-refractivity contribution in [1.82, 2.24) is 14.9 Å². The van der Waals surface area contributed by atoms with Gasteiger partial charge < -0.3 is 29.2 Å². The van der Waals surface area contributed by atoms with Crippen molar-refractivity contribution >= 4 is 34.1 Å². The van der Waals surface area contributed by atoms with Crippen LogP contribution in [0.1, 0.15) is 38.4 Å². The summed E-state index contributed by atoms with van der Waals surface area (Å²) in [4.78, 5) is 46.6. The predicted octanol–water partition coefficient (Wildman–Crippen LogP) is 4.56. The van der Waals surface area contributed by atoms with Crippen LogP contribution in [0.25, 0.3) is 10.9 Å². The monoisotopic (exact) mass is 611 g/mol. The topological polar surface area (TPSA) is 106 Å². The highest BCUT2D eigenvalue weighted by atomic mass is 16.5. The summed E-state index contributed by atoms with van der Waals surface area (Å²) in [5.74, 6) is 0.877. The summed E-state index contributed by atoms with van der Waals surface area (Å²) in [5, 5.41) is 4.41. The second-order valence-corrected chi connectivity index (χ2v) is 11.7. The molecule has 3 heterocycles. The first-order chi connectivity index (χ1) is 21.6. The number of carbonyl (C=O) groups excluding carboxylic acids is 2. The summed E-state index contributed by atoms with van der Waals surface area (Å²) >= 11 is 0. The Hall–Kier alpha value is -4.70. The van der Waals surface area contributed by atoms with Gasteiger partial charge in [-0.15, -0.1) is 0 Å². The van der Waals surface area contributed by atoms with E-state index in [0.29, 0.717) is 55.5 Å². The molecule has 0 atom stereocenters. The lowest BCUT2D eigenvalue weighted by Crippen LogP contribution is -2.47. The minimum absolute atomic E-state index is 0.0691. The number of ether oxygens (including phenoxy) is 2. The second-order valence-electron chi connectivity index (χ2n) is 11.7. The van der Waals surface area contributed by atoms with Crippen molar-refractivity contribution in [2.45, 2.75) is 46.7 Å². The van der Waals surface area contributed by atoms with Crippen LogP contribution in [0.5, 0.6) is 11.5 Å². The van der Waals surface area contributed by atoms with Gasteiger partial charge in [0.2, 0.25) is 11.8 Å². The number of carbonyl (C=O) groups is 2. The molecule has 0 aliphatic carbocycles. The normalized spacial score (nSPS) is 14.4. The minimum Gasteiger partial charge on any atom is -0.495 e. The van der Waals surface area contributed by atoms with Gasteiger partial charge in [-0.2, -0.15) is 0 Å². The molecule has 0 bridgehead atoms. The number of nitrogens with one attached hydrogen (secondary N) is 1. The Bertz CT molecular complexity index is 1770. The van der Waals surface area contributed by atoms with Crippen LogP contribution in [0.3, 0.4) is 0 Å². The third-order valence-corrected chi connectivity index (χ3v) is 8.29. The van der Waals surface area contributed by atoms with E-state index in [4.69, 9.17) is 9.47 Å². The Balaban J connectivity index is 1.13. The number of rotatable bonds is 12. The number of amides is 2. The molecule has 0 radical (unpaired) electrons. The Kier molecular flexibility index (Phi) is 9.53. The van der Waals surface area contributed by atoms with Crippen LogP contribution >= 0.6 is 0 Å². The van der Waals surface area contributed by atoms with Crippen LogP contribution in [0.4, 0.5) is 11.4 Å². The molecule has 1 aliphatic rings. The van der Waals surface area contributed by atoms with Crippen molar-refractivity contribution in [3.05, 3.63) is 88.5 Å². The summed E-state index contributed by atoms with van der Waals surface area (Å²) in [7, 11) is 3.32. The standard InChI is InChI=1S/C35H41N5O5/c1-6-39-28-13-12-27(22-29(28)38(4)33(42)35(2,3)34(39)43)45-20-8-17-36-23-24-15-18-37-26(21-24)16-19-40-31(41)14-11-25-9-7-10-30(44-5)32(25)40/h7,9-15,18,21-22,36H,6,8,16-17,19-20,23H2,1-5H3. The van der Waals surface area contributed by atoms with Crippen molar-refractivity contribution < 1.29 is 19.1 Å². The average molecular weight is 612 g/mol. The van der Waals surface area contributed by atoms with Crippen molar-refractivity contribution in [2.24, 2.45) is 5.41 Å². The molecule has 2 aromatic heterocycles. The molecule has 10 heteroatoms. The third-order valence-electron chi connectivity index (χ3n) is 8.29. The molecular formula is C35H41N5O5. The summed E-state index contributed by atoms with van der Waals surface area (Å²) in [6, 6.07) is 18.8. The number of aromatic nitrogens is 2. The summed E-state index contributed by atoms with van der Waals surface area (Å²) in [5.41, 5.74) is 2.97. The number of para-hydroxylation sites is 1. The highest BCUT2D eigenvalue weighted by Crippen LogP contribution is 2.40. The molecule has 5 rings (SSSR count). The van der Waals surface area contributed by atoms with E-state index in [1.165, 1.54) is 0 Å². The van der Waals surface area contributed by atoms with Gasteiger partial charge in [-0.05, 0) is 75.7 Å². The van der Waals surface area contributed by atoms with Crippen LogP contribution in [0, 0.1) is 5.41 Å². The van der Waals surface area contributed by atoms with Crippen LogP contribution in [0.15, 0.2) is 71.7 Å². The maximum absolute atomic E-state index is 13.1. The first kappa shape index (κ1) is 31.7. The average Bonchev–Trinajstić information content (AvgIpc) is 3.10. The number of nitrogens with zero attached hydrogens (tertiary/aromatic N) is 4. The lowest BCUT2D eigenvalue weighted by atomic mass is 9.90. The molecule has 1 N–H and O–H groups in total. The lowest BCUT2D eigenvalue weighted by Gasteiger charge is -2.27. The first-order valence-electron chi connectivity index (χ1n) is 15.3. The maximum atomic E-state index is 13.1. The number of anilines is 2. The van der Waals surface area contributed by atoms with Crippen molar-refractivity contribution in [3.63, 3.8) is 0 Å². The van der Waals surface area contributed by atoms with Crippen molar-refractivity contribution in [3.8, 4) is 11.5 Å². The lowest BCUT2D eigenvalue weighted by molar-refractivity contribution is -0.137. The van der Waals surface area contributed by atoms with Crippen LogP contribution < -0.4 is 30.1 Å². The first-order valence-corrected chi connectivity index (χ1v) is 15.3. The van der Waals surface area contributed by atoms with Gasteiger partial charge in [0.25, 0.3) is 5.56 Å². The van der Waals surface area contributed by atoms with Crippen LogP contribution in [0.2, 0.25) is 0 Å². The zero-order chi connectivity index (χ0) is 32.1. The van der Waals surface area contributed by atoms with Gasteiger partial charge in [-0.1, -0.05) is 12.1 Å². The molecule has 236 valence electrons. The minimum atomic E-state index is -1.14. The van der Waals surface area contributed by atoms with E-state index in [-0.39, 0.29) is 17.4 Å². The fraction of sp³-hybridized carbons (Fsp3) is 0.371. The zero-order valence-corrected chi connectivity index (χ0v) is 26.6. The van der Waals surface area contributed by atoms with Gasteiger partial charge in [0.05, 0.1) is 30.6 Å². The summed E-state index contributed by atoms with van der Waals surface area (Å²) in [6.07, 6.45) is 3.20. The highest BCUT2D eigenvalue weighted by molar-refractivity contribution is 6.20. The van der Waals surface area contributed by atoms with Gasteiger partial charge >= 0.3 is 0 Å². The number of hydrogen-bond donors (Lipinski definition) is 1. The Morgan fingerprint density at radius 3 is 2.56 bits per heavy atom. The quantitative estimate of drug-likeness (QED) is 0.185. The van der Waals surface area contributed by atoms with Gasteiger partial charge in [-0.25, -0.2) is 0 Å². The van der Waals surface area contributed by atoms with E-state index >= 15 is 0 Å². The molecule has 2 amide bonds. The van der Waals surface area contributed by atoms with Gasteiger partial charge in [0, 0.05) is 62.5 Å². The predicted molar refractivity (Wildman–Crippen MR) is 176 cm³/mol. The van der Waals surface area contributed by atoms with Crippen molar-refractivity contribution in [2.75, 3.05) is 43.7 Å². The van der Waals surface area contributed by atoms with Crippen molar-refractivity contribution in [1.29, 1.82) is 0 Å². The molecular weight excluding hydrogens is 570 g/mol. The number of benzene rings is 2. The second kappa shape index (κ2) is 13.5. The SMILES string of the molecule is CCN1C(=O)C(C)(C)C(=O)N(C)c2cc(OCCCNCc3ccnc(CCn4c(=O)ccc5cccc(OC)c54)c3)ccc21. The summed E-state index contributed by atoms with van der Waals surface area (Å²) < 4.78 is 13.3. The Morgan fingerprint density at radius 1 is 0.956 bits per heavy atom. The molecule has 0 saturated heterocycles. The number of pyridine rings is 2. The van der Waals surface area contributed by atoms with Gasteiger partial charge in [-0.3, -0.25) is 19.4 Å². The molecule has 0 saturated carbocycles. The van der Waals surface area contributed by atoms with E-state index in [0.717, 1.165) is 35.1 Å². The fourth-order valence-corrected chi connectivity index (χ4v) is 5.80. The smallest absolute Gasteiger partial charge is 0.251 e. The van der Waals surface area contributed by atoms with Crippen LogP contribution in [-0.4, -0.2) is 55.2 Å². The van der Waals surface area contributed by atoms with E-state index in [1.54, 1.807) is 54.6 Å². The van der Waals surface area contributed by atoms with E-state index in [1.807, 2.05) is 55.5 Å². The van der Waals surface area contributed by atoms with Gasteiger partial charge in [0.15, 0.2) is 0 Å². The highest BCUT2D eigenvalue weighted by Gasteiger charge is 2.45. The maximum Gasteiger partial charge on any atom is 0.251 e. The molecule has 1 aliphatic heterocycles. The van der Waals surface area contributed by atoms with Crippen LogP contribution in [-0.2, 0) is 29.1 Å². The molecule has 0 unspecified atom stereocenters. The Labute approximate surface area is 263 Å². The number of aryl methyl sites for hydroxylation is 2. The molecule has 0 spiro atoms. The van der Waals surface area contributed by atoms with Gasteiger partial charge in [0.1, 0.15) is 16.9 Å². The largest absolute Gasteiger partial charge is 0.495 e. The number of methoxy groups -OCH3 is 1. The number of fused-ring (bicyclic) bond motifs is 2. The molecule has 4 aromatic rings. The number of hydrogen-bond acceptors (Lipinski definition) is 7. The Morgan fingerprint density at radius 2 is 1.78 bits per heavy atom. The summed E-state index contributed by atoms with van der Waals surface area (Å²) in [6.45, 7) is 8.15. The third kappa shape index (κ3) is 6.56.